The van der Waals surface area contributed by atoms with Crippen LogP contribution in [-0.4, -0.2) is 35.6 Å². The van der Waals surface area contributed by atoms with Crippen LogP contribution in [0.3, 0.4) is 0 Å². The van der Waals surface area contributed by atoms with Crippen LogP contribution in [-0.2, 0) is 17.8 Å². The molecule has 0 unspecified atom stereocenters. The molecule has 3 aromatic rings. The van der Waals surface area contributed by atoms with Crippen molar-refractivity contribution in [3.8, 4) is 5.75 Å². The summed E-state index contributed by atoms with van der Waals surface area (Å²) in [6, 6.07) is 10.7. The maximum Gasteiger partial charge on any atom is 0.340 e. The third-order valence-electron chi connectivity index (χ3n) is 6.65. The van der Waals surface area contributed by atoms with Gasteiger partial charge in [-0.2, -0.15) is 0 Å². The maximum absolute atomic E-state index is 13.2. The second kappa shape index (κ2) is 7.41. The molecule has 0 aliphatic carbocycles. The molecule has 0 spiro atoms. The van der Waals surface area contributed by atoms with E-state index in [-0.39, 0.29) is 29.7 Å². The summed E-state index contributed by atoms with van der Waals surface area (Å²) in [5.74, 6) is 0.923. The fourth-order valence-corrected chi connectivity index (χ4v) is 5.07. The standard InChI is InChI=1S/C24H24N2O5/c1-14-18-7-6-17(30-2)9-21(18)31-24(29)19(14)10-23(28)25-11-15-8-16(13-25)20-4-3-5-22(27)26(20)12-15/h3-7,9,15-16H,8,10-13H2,1-2H3/t15-,16-/m0/s1. The first-order valence-electron chi connectivity index (χ1n) is 10.5. The molecule has 2 aromatic heterocycles. The van der Waals surface area contributed by atoms with Gasteiger partial charge in [-0.05, 0) is 43.0 Å². The zero-order chi connectivity index (χ0) is 21.7. The second-order valence-corrected chi connectivity index (χ2v) is 8.53. The summed E-state index contributed by atoms with van der Waals surface area (Å²) in [7, 11) is 1.56. The number of carbonyl (C=O) groups is 1. The van der Waals surface area contributed by atoms with Crippen molar-refractivity contribution in [2.24, 2.45) is 5.92 Å². The molecule has 0 N–H and O–H groups in total. The average molecular weight is 420 g/mol. The van der Waals surface area contributed by atoms with Gasteiger partial charge in [-0.1, -0.05) is 6.07 Å². The van der Waals surface area contributed by atoms with Crippen LogP contribution < -0.4 is 15.9 Å². The van der Waals surface area contributed by atoms with E-state index in [0.717, 1.165) is 23.1 Å². The number of pyridine rings is 1. The minimum atomic E-state index is -0.485. The first-order chi connectivity index (χ1) is 14.9. The molecule has 2 aliphatic heterocycles. The van der Waals surface area contributed by atoms with Gasteiger partial charge in [-0.15, -0.1) is 0 Å². The number of nitrogens with zero attached hydrogens (tertiary/aromatic N) is 2. The quantitative estimate of drug-likeness (QED) is 0.608. The number of fused-ring (bicyclic) bond motifs is 5. The van der Waals surface area contributed by atoms with Gasteiger partial charge in [-0.25, -0.2) is 4.79 Å². The summed E-state index contributed by atoms with van der Waals surface area (Å²) in [5, 5.41) is 0.798. The average Bonchev–Trinajstić information content (AvgIpc) is 2.76. The minimum Gasteiger partial charge on any atom is -0.497 e. The molecule has 1 aromatic carbocycles. The zero-order valence-electron chi connectivity index (χ0n) is 17.6. The molecule has 160 valence electrons. The monoisotopic (exact) mass is 420 g/mol. The Labute approximate surface area is 178 Å². The Morgan fingerprint density at radius 1 is 1.16 bits per heavy atom. The van der Waals surface area contributed by atoms with E-state index in [1.807, 2.05) is 34.6 Å². The van der Waals surface area contributed by atoms with Gasteiger partial charge < -0.3 is 18.6 Å². The van der Waals surface area contributed by atoms with Crippen molar-refractivity contribution >= 4 is 16.9 Å². The number of hydrogen-bond acceptors (Lipinski definition) is 5. The van der Waals surface area contributed by atoms with Crippen molar-refractivity contribution in [1.29, 1.82) is 0 Å². The lowest BCUT2D eigenvalue weighted by atomic mass is 9.83. The fraction of sp³-hybridized carbons (Fsp3) is 0.375. The molecule has 0 radical (unpaired) electrons. The molecule has 2 atom stereocenters. The number of aryl methyl sites for hydroxylation is 1. The summed E-state index contributed by atoms with van der Waals surface area (Å²) in [6.07, 6.45) is 0.989. The van der Waals surface area contributed by atoms with Crippen LogP contribution in [0.4, 0.5) is 0 Å². The number of carbonyl (C=O) groups excluding carboxylic acids is 1. The Morgan fingerprint density at radius 2 is 2.00 bits per heavy atom. The molecule has 1 amide bonds. The number of rotatable bonds is 3. The Bertz CT molecular complexity index is 1310. The van der Waals surface area contributed by atoms with Crippen LogP contribution in [0.1, 0.15) is 29.2 Å². The fourth-order valence-electron chi connectivity index (χ4n) is 5.07. The van der Waals surface area contributed by atoms with Crippen LogP contribution in [0.25, 0.3) is 11.0 Å². The highest BCUT2D eigenvalue weighted by atomic mass is 16.5. The summed E-state index contributed by atoms with van der Waals surface area (Å²) in [5.41, 5.74) is 2.14. The van der Waals surface area contributed by atoms with E-state index in [9.17, 15) is 14.4 Å². The highest BCUT2D eigenvalue weighted by Gasteiger charge is 2.36. The van der Waals surface area contributed by atoms with Crippen molar-refractivity contribution in [3.05, 3.63) is 74.0 Å². The molecule has 0 saturated carbocycles. The predicted octanol–water partition coefficient (Wildman–Crippen LogP) is 2.46. The summed E-state index contributed by atoms with van der Waals surface area (Å²) >= 11 is 0. The SMILES string of the molecule is COc1ccc2c(C)c(CC(=O)N3C[C@@H]4C[C@@H](C3)c3cccc(=O)n3C4)c(=O)oc2c1. The molecule has 7 nitrogen and oxygen atoms in total. The summed E-state index contributed by atoms with van der Waals surface area (Å²) < 4.78 is 12.5. The van der Waals surface area contributed by atoms with E-state index >= 15 is 0 Å². The number of likely N-dealkylation sites (tertiary alicyclic amines) is 1. The lowest BCUT2D eigenvalue weighted by molar-refractivity contribution is -0.133. The molecule has 31 heavy (non-hydrogen) atoms. The number of hydrogen-bond donors (Lipinski definition) is 0. The van der Waals surface area contributed by atoms with Crippen LogP contribution in [0.2, 0.25) is 0 Å². The van der Waals surface area contributed by atoms with Gasteiger partial charge in [0.05, 0.1) is 19.1 Å². The first kappa shape index (κ1) is 19.6. The van der Waals surface area contributed by atoms with Gasteiger partial charge in [0.2, 0.25) is 5.91 Å². The van der Waals surface area contributed by atoms with Gasteiger partial charge in [0.15, 0.2) is 0 Å². The van der Waals surface area contributed by atoms with Crippen LogP contribution >= 0.6 is 0 Å². The Balaban J connectivity index is 1.42. The van der Waals surface area contributed by atoms with Crippen molar-refractivity contribution in [3.63, 3.8) is 0 Å². The van der Waals surface area contributed by atoms with Crippen molar-refractivity contribution in [2.45, 2.75) is 32.2 Å². The molecule has 2 aliphatic rings. The Hall–Kier alpha value is -3.35. The molecular formula is C24H24N2O5. The van der Waals surface area contributed by atoms with E-state index in [4.69, 9.17) is 9.15 Å². The van der Waals surface area contributed by atoms with Gasteiger partial charge in [0.1, 0.15) is 11.3 Å². The zero-order valence-corrected chi connectivity index (χ0v) is 17.6. The highest BCUT2D eigenvalue weighted by Crippen LogP contribution is 2.35. The van der Waals surface area contributed by atoms with Gasteiger partial charge in [-0.3, -0.25) is 9.59 Å². The smallest absolute Gasteiger partial charge is 0.340 e. The number of methoxy groups -OCH3 is 1. The van der Waals surface area contributed by atoms with E-state index in [0.29, 0.717) is 36.5 Å². The van der Waals surface area contributed by atoms with E-state index in [1.165, 1.54) is 0 Å². The van der Waals surface area contributed by atoms with Gasteiger partial charge in [0, 0.05) is 48.8 Å². The van der Waals surface area contributed by atoms with E-state index in [2.05, 4.69) is 0 Å². The molecule has 5 rings (SSSR count). The van der Waals surface area contributed by atoms with E-state index < -0.39 is 5.63 Å². The minimum absolute atomic E-state index is 0.0111. The van der Waals surface area contributed by atoms with Crippen LogP contribution in [0.15, 0.2) is 50.4 Å². The topological polar surface area (TPSA) is 81.8 Å². The molecule has 2 bridgehead atoms. The summed E-state index contributed by atoms with van der Waals surface area (Å²) in [6.45, 7) is 3.65. The number of amides is 1. The van der Waals surface area contributed by atoms with E-state index in [1.54, 1.807) is 25.3 Å². The molecule has 7 heteroatoms. The first-order valence-corrected chi connectivity index (χ1v) is 10.5. The number of piperidine rings is 1. The van der Waals surface area contributed by atoms with Crippen LogP contribution in [0, 0.1) is 12.8 Å². The molecule has 4 heterocycles. The highest BCUT2D eigenvalue weighted by molar-refractivity contribution is 5.85. The largest absolute Gasteiger partial charge is 0.497 e. The predicted molar refractivity (Wildman–Crippen MR) is 116 cm³/mol. The normalized spacial score (nSPS) is 19.9. The number of aromatic nitrogens is 1. The van der Waals surface area contributed by atoms with Crippen molar-refractivity contribution < 1.29 is 13.9 Å². The number of ether oxygens (including phenoxy) is 1. The van der Waals surface area contributed by atoms with Crippen molar-refractivity contribution in [2.75, 3.05) is 20.2 Å². The van der Waals surface area contributed by atoms with Gasteiger partial charge >= 0.3 is 5.63 Å². The lowest BCUT2D eigenvalue weighted by Gasteiger charge is -2.42. The van der Waals surface area contributed by atoms with Gasteiger partial charge in [0.25, 0.3) is 5.56 Å². The Kier molecular flexibility index (Phi) is 4.68. The maximum atomic E-state index is 13.2. The third-order valence-corrected chi connectivity index (χ3v) is 6.65. The molecular weight excluding hydrogens is 396 g/mol. The number of benzene rings is 1. The van der Waals surface area contributed by atoms with Crippen molar-refractivity contribution in [1.82, 2.24) is 9.47 Å². The molecule has 1 fully saturated rings. The van der Waals surface area contributed by atoms with Crippen LogP contribution in [0.5, 0.6) is 5.75 Å². The molecule has 1 saturated heterocycles. The Morgan fingerprint density at radius 3 is 2.81 bits per heavy atom. The lowest BCUT2D eigenvalue weighted by Crippen LogP contribution is -2.49. The third kappa shape index (κ3) is 3.34. The summed E-state index contributed by atoms with van der Waals surface area (Å²) in [4.78, 5) is 39.9. The second-order valence-electron chi connectivity index (χ2n) is 8.53.